The van der Waals surface area contributed by atoms with E-state index in [0.717, 1.165) is 17.9 Å². The van der Waals surface area contributed by atoms with E-state index in [9.17, 15) is 4.79 Å². The lowest BCUT2D eigenvalue weighted by atomic mass is 10.2. The molecule has 104 valence electrons. The molecule has 1 aromatic carbocycles. The molecule has 1 fully saturated rings. The Hall–Kier alpha value is -1.59. The van der Waals surface area contributed by atoms with Gasteiger partial charge in [-0.05, 0) is 17.7 Å². The molecule has 1 heterocycles. The predicted octanol–water partition coefficient (Wildman–Crippen LogP) is 0.943. The summed E-state index contributed by atoms with van der Waals surface area (Å²) < 4.78 is 10.5. The summed E-state index contributed by atoms with van der Waals surface area (Å²) in [7, 11) is 3.48. The summed E-state index contributed by atoms with van der Waals surface area (Å²) in [6.45, 7) is 3.07. The van der Waals surface area contributed by atoms with Crippen molar-refractivity contribution in [2.24, 2.45) is 0 Å². The molecular weight excluding hydrogens is 244 g/mol. The van der Waals surface area contributed by atoms with Crippen LogP contribution in [0.15, 0.2) is 24.3 Å². The lowest BCUT2D eigenvalue weighted by molar-refractivity contribution is -0.125. The van der Waals surface area contributed by atoms with Crippen molar-refractivity contribution in [2.75, 3.05) is 40.6 Å². The van der Waals surface area contributed by atoms with Crippen molar-refractivity contribution in [1.29, 1.82) is 0 Å². The zero-order valence-corrected chi connectivity index (χ0v) is 11.5. The molecule has 1 aliphatic heterocycles. The third-order valence-electron chi connectivity index (χ3n) is 3.06. The lowest BCUT2D eigenvalue weighted by Crippen LogP contribution is -2.22. The molecular formula is C14H20N2O3. The standard InChI is InChI=1S/C14H20N2O3/c1-15-11-16(10-14(15)17)9-12-4-3-5-13(8-12)19-7-6-18-2/h3-5,8H,6-7,9-11H2,1-2H3. The smallest absolute Gasteiger partial charge is 0.237 e. The number of rotatable bonds is 6. The quantitative estimate of drug-likeness (QED) is 0.717. The molecule has 1 amide bonds. The molecule has 0 saturated carbocycles. The first-order chi connectivity index (χ1) is 9.19. The van der Waals surface area contributed by atoms with Crippen LogP contribution in [0.4, 0.5) is 0 Å². The Morgan fingerprint density at radius 1 is 1.32 bits per heavy atom. The summed E-state index contributed by atoms with van der Waals surface area (Å²) in [5.74, 6) is 1.01. The number of amides is 1. The van der Waals surface area contributed by atoms with E-state index in [1.54, 1.807) is 12.0 Å². The normalized spacial score (nSPS) is 16.1. The Morgan fingerprint density at radius 2 is 2.16 bits per heavy atom. The molecule has 0 N–H and O–H groups in total. The van der Waals surface area contributed by atoms with E-state index in [-0.39, 0.29) is 5.91 Å². The van der Waals surface area contributed by atoms with Crippen LogP contribution in [0, 0.1) is 0 Å². The number of nitrogens with zero attached hydrogens (tertiary/aromatic N) is 2. The number of methoxy groups -OCH3 is 1. The predicted molar refractivity (Wildman–Crippen MR) is 71.9 cm³/mol. The van der Waals surface area contributed by atoms with Crippen molar-refractivity contribution >= 4 is 5.91 Å². The monoisotopic (exact) mass is 264 g/mol. The van der Waals surface area contributed by atoms with Gasteiger partial charge in [0, 0.05) is 20.7 Å². The Bertz CT molecular complexity index is 436. The highest BCUT2D eigenvalue weighted by atomic mass is 16.5. The number of hydrogen-bond acceptors (Lipinski definition) is 4. The van der Waals surface area contributed by atoms with Crippen LogP contribution >= 0.6 is 0 Å². The highest BCUT2D eigenvalue weighted by Gasteiger charge is 2.23. The van der Waals surface area contributed by atoms with Crippen LogP contribution in [0.5, 0.6) is 5.75 Å². The van der Waals surface area contributed by atoms with Crippen molar-refractivity contribution in [3.63, 3.8) is 0 Å². The van der Waals surface area contributed by atoms with Gasteiger partial charge in [-0.15, -0.1) is 0 Å². The summed E-state index contributed by atoms with van der Waals surface area (Å²) in [4.78, 5) is 15.3. The van der Waals surface area contributed by atoms with Gasteiger partial charge in [0.1, 0.15) is 12.4 Å². The van der Waals surface area contributed by atoms with E-state index in [4.69, 9.17) is 9.47 Å². The fourth-order valence-corrected chi connectivity index (χ4v) is 2.08. The minimum absolute atomic E-state index is 0.174. The van der Waals surface area contributed by atoms with Crippen molar-refractivity contribution in [1.82, 2.24) is 9.80 Å². The fourth-order valence-electron chi connectivity index (χ4n) is 2.08. The molecule has 19 heavy (non-hydrogen) atoms. The molecule has 0 aromatic heterocycles. The molecule has 0 bridgehead atoms. The number of hydrogen-bond donors (Lipinski definition) is 0. The highest BCUT2D eigenvalue weighted by molar-refractivity contribution is 5.79. The van der Waals surface area contributed by atoms with Crippen molar-refractivity contribution in [2.45, 2.75) is 6.54 Å². The average molecular weight is 264 g/mol. The zero-order valence-electron chi connectivity index (χ0n) is 11.5. The van der Waals surface area contributed by atoms with Crippen LogP contribution in [0.1, 0.15) is 5.56 Å². The van der Waals surface area contributed by atoms with Crippen LogP contribution in [0.3, 0.4) is 0 Å². The molecule has 0 aliphatic carbocycles. The van der Waals surface area contributed by atoms with Crippen LogP contribution in [-0.2, 0) is 16.1 Å². The van der Waals surface area contributed by atoms with Crippen molar-refractivity contribution < 1.29 is 14.3 Å². The van der Waals surface area contributed by atoms with Gasteiger partial charge >= 0.3 is 0 Å². The summed E-state index contributed by atoms with van der Waals surface area (Å²) >= 11 is 0. The third-order valence-corrected chi connectivity index (χ3v) is 3.06. The number of benzene rings is 1. The molecule has 0 atom stereocenters. The Balaban J connectivity index is 1.90. The fraction of sp³-hybridized carbons (Fsp3) is 0.500. The van der Waals surface area contributed by atoms with Crippen LogP contribution in [-0.4, -0.2) is 56.3 Å². The number of carbonyl (C=O) groups excluding carboxylic acids is 1. The molecule has 0 spiro atoms. The molecule has 1 saturated heterocycles. The molecule has 2 rings (SSSR count). The first kappa shape index (κ1) is 13.8. The first-order valence-corrected chi connectivity index (χ1v) is 6.36. The summed E-state index contributed by atoms with van der Waals surface area (Å²) in [6.07, 6.45) is 0. The van der Waals surface area contributed by atoms with Crippen molar-refractivity contribution in [3.8, 4) is 5.75 Å². The summed E-state index contributed by atoms with van der Waals surface area (Å²) in [5.41, 5.74) is 1.15. The molecule has 1 aliphatic rings. The van der Waals surface area contributed by atoms with Crippen molar-refractivity contribution in [3.05, 3.63) is 29.8 Å². The number of likely N-dealkylation sites (N-methyl/N-ethyl adjacent to an activating group) is 1. The third kappa shape index (κ3) is 3.94. The van der Waals surface area contributed by atoms with Gasteiger partial charge in [-0.2, -0.15) is 0 Å². The molecule has 5 heteroatoms. The van der Waals surface area contributed by atoms with Gasteiger partial charge in [0.15, 0.2) is 0 Å². The van der Waals surface area contributed by atoms with E-state index >= 15 is 0 Å². The van der Waals surface area contributed by atoms with E-state index in [2.05, 4.69) is 4.90 Å². The van der Waals surface area contributed by atoms with Gasteiger partial charge in [-0.25, -0.2) is 0 Å². The van der Waals surface area contributed by atoms with Gasteiger partial charge in [-0.3, -0.25) is 9.69 Å². The Labute approximate surface area is 113 Å². The summed E-state index contributed by atoms with van der Waals surface area (Å²) in [6, 6.07) is 7.96. The van der Waals surface area contributed by atoms with Crippen LogP contribution in [0.25, 0.3) is 0 Å². The van der Waals surface area contributed by atoms with E-state index in [0.29, 0.717) is 26.4 Å². The van der Waals surface area contributed by atoms with Gasteiger partial charge in [0.05, 0.1) is 19.8 Å². The molecule has 0 radical (unpaired) electrons. The highest BCUT2D eigenvalue weighted by Crippen LogP contribution is 2.16. The zero-order chi connectivity index (χ0) is 13.7. The number of carbonyl (C=O) groups is 1. The minimum atomic E-state index is 0.174. The average Bonchev–Trinajstić information content (AvgIpc) is 2.69. The van der Waals surface area contributed by atoms with E-state index < -0.39 is 0 Å². The van der Waals surface area contributed by atoms with Gasteiger partial charge in [0.25, 0.3) is 0 Å². The number of ether oxygens (including phenoxy) is 2. The molecule has 0 unspecified atom stereocenters. The van der Waals surface area contributed by atoms with E-state index in [1.165, 1.54) is 0 Å². The first-order valence-electron chi connectivity index (χ1n) is 6.36. The molecule has 1 aromatic rings. The maximum absolute atomic E-state index is 11.5. The summed E-state index contributed by atoms with van der Waals surface area (Å²) in [5, 5.41) is 0. The second-order valence-corrected chi connectivity index (χ2v) is 4.71. The Kier molecular flexibility index (Phi) is 4.76. The lowest BCUT2D eigenvalue weighted by Gasteiger charge is -2.15. The van der Waals surface area contributed by atoms with Gasteiger partial charge in [-0.1, -0.05) is 12.1 Å². The maximum atomic E-state index is 11.5. The van der Waals surface area contributed by atoms with E-state index in [1.807, 2.05) is 31.3 Å². The minimum Gasteiger partial charge on any atom is -0.491 e. The van der Waals surface area contributed by atoms with Gasteiger partial charge < -0.3 is 14.4 Å². The van der Waals surface area contributed by atoms with Gasteiger partial charge in [0.2, 0.25) is 5.91 Å². The second-order valence-electron chi connectivity index (χ2n) is 4.71. The second kappa shape index (κ2) is 6.54. The van der Waals surface area contributed by atoms with Crippen LogP contribution in [0.2, 0.25) is 0 Å². The Morgan fingerprint density at radius 3 is 2.84 bits per heavy atom. The maximum Gasteiger partial charge on any atom is 0.237 e. The largest absolute Gasteiger partial charge is 0.491 e. The van der Waals surface area contributed by atoms with Crippen LogP contribution < -0.4 is 4.74 Å². The topological polar surface area (TPSA) is 42.0 Å². The molecule has 5 nitrogen and oxygen atoms in total. The SMILES string of the molecule is COCCOc1cccc(CN2CC(=O)N(C)C2)c1.